The van der Waals surface area contributed by atoms with E-state index in [1.165, 1.54) is 17.5 Å². The van der Waals surface area contributed by atoms with Gasteiger partial charge in [-0.25, -0.2) is 0 Å². The number of ether oxygens (including phenoxy) is 1. The van der Waals surface area contributed by atoms with Crippen molar-refractivity contribution in [1.82, 2.24) is 4.90 Å². The molecule has 1 aromatic rings. The summed E-state index contributed by atoms with van der Waals surface area (Å²) in [6.07, 6.45) is 7.32. The van der Waals surface area contributed by atoms with Gasteiger partial charge in [0.15, 0.2) is 0 Å². The lowest BCUT2D eigenvalue weighted by Gasteiger charge is -2.55. The highest BCUT2D eigenvalue weighted by Crippen LogP contribution is 2.55. The van der Waals surface area contributed by atoms with Gasteiger partial charge in [-0.05, 0) is 76.0 Å². The van der Waals surface area contributed by atoms with Gasteiger partial charge in [-0.3, -0.25) is 0 Å². The number of aliphatic hydroxyl groups is 1. The van der Waals surface area contributed by atoms with E-state index in [2.05, 4.69) is 37.2 Å². The molecule has 23 heavy (non-hydrogen) atoms. The Hall–Kier alpha value is -0.770. The van der Waals surface area contributed by atoms with Gasteiger partial charge >= 0.3 is 0 Å². The molecule has 0 aliphatic heterocycles. The van der Waals surface area contributed by atoms with E-state index in [0.29, 0.717) is 0 Å². The Morgan fingerprint density at radius 2 is 1.91 bits per heavy atom. The van der Waals surface area contributed by atoms with Crippen LogP contribution in [0.2, 0.25) is 0 Å². The third-order valence-corrected chi connectivity index (χ3v) is 5.96. The summed E-state index contributed by atoms with van der Waals surface area (Å²) in [5.41, 5.74) is 2.12. The quantitative estimate of drug-likeness (QED) is 0.910. The summed E-state index contributed by atoms with van der Waals surface area (Å²) in [5, 5.41) is 11.5. The van der Waals surface area contributed by atoms with Crippen molar-refractivity contribution < 1.29 is 9.84 Å². The lowest BCUT2D eigenvalue weighted by atomic mass is 9.53. The summed E-state index contributed by atoms with van der Waals surface area (Å²) in [6, 6.07) is 6.46. The summed E-state index contributed by atoms with van der Waals surface area (Å²) >= 11 is 0. The maximum Gasteiger partial charge on any atom is 0.119 e. The number of hydrogen-bond donors (Lipinski definition) is 1. The number of halogens is 1. The summed E-state index contributed by atoms with van der Waals surface area (Å²) < 4.78 is 5.47. The van der Waals surface area contributed by atoms with Crippen LogP contribution in [0.25, 0.3) is 0 Å². The van der Waals surface area contributed by atoms with E-state index in [1.54, 1.807) is 7.11 Å². The molecule has 0 bridgehead atoms. The van der Waals surface area contributed by atoms with Gasteiger partial charge in [0.05, 0.1) is 12.7 Å². The molecule has 1 aromatic carbocycles. The molecule has 2 aliphatic carbocycles. The molecule has 2 atom stereocenters. The van der Waals surface area contributed by atoms with E-state index < -0.39 is 5.60 Å². The van der Waals surface area contributed by atoms with Crippen molar-refractivity contribution in [2.75, 3.05) is 27.7 Å². The highest BCUT2D eigenvalue weighted by Gasteiger charge is 2.54. The van der Waals surface area contributed by atoms with Gasteiger partial charge in [0, 0.05) is 5.41 Å². The van der Waals surface area contributed by atoms with Crippen LogP contribution >= 0.6 is 12.4 Å². The second kappa shape index (κ2) is 7.00. The number of rotatable bonds is 4. The summed E-state index contributed by atoms with van der Waals surface area (Å²) in [7, 11) is 5.96. The molecule has 1 fully saturated rings. The van der Waals surface area contributed by atoms with E-state index in [4.69, 9.17) is 4.74 Å². The Labute approximate surface area is 146 Å². The van der Waals surface area contributed by atoms with Crippen LogP contribution in [0, 0.1) is 0 Å². The predicted molar refractivity (Wildman–Crippen MR) is 96.8 cm³/mol. The summed E-state index contributed by atoms with van der Waals surface area (Å²) in [4.78, 5) is 2.23. The van der Waals surface area contributed by atoms with Crippen molar-refractivity contribution >= 4 is 12.4 Å². The molecule has 3 rings (SSSR count). The van der Waals surface area contributed by atoms with Crippen LogP contribution < -0.4 is 4.74 Å². The molecule has 4 heteroatoms. The van der Waals surface area contributed by atoms with E-state index in [-0.39, 0.29) is 17.8 Å². The summed E-state index contributed by atoms with van der Waals surface area (Å²) in [6.45, 7) is 1.01. The highest BCUT2D eigenvalue weighted by molar-refractivity contribution is 5.85. The molecule has 0 spiro atoms. The fourth-order valence-corrected chi connectivity index (χ4v) is 4.66. The normalized spacial score (nSPS) is 29.4. The number of nitrogens with zero attached hydrogens (tertiary/aromatic N) is 1. The van der Waals surface area contributed by atoms with Crippen LogP contribution in [0.5, 0.6) is 5.75 Å². The van der Waals surface area contributed by atoms with Gasteiger partial charge in [-0.2, -0.15) is 0 Å². The Bertz CT molecular complexity index is 548. The zero-order chi connectivity index (χ0) is 15.8. The van der Waals surface area contributed by atoms with Crippen molar-refractivity contribution in [2.24, 2.45) is 0 Å². The third-order valence-electron chi connectivity index (χ3n) is 5.96. The van der Waals surface area contributed by atoms with Crippen LogP contribution in [0.15, 0.2) is 18.2 Å². The molecular formula is C19H30ClNO2. The number of aryl methyl sites for hydroxylation is 1. The SMILES string of the molecule is COc1ccc2c(c1)[C@]1(CCN(C)C)CCCC[C@]1(O)CC2.Cl. The van der Waals surface area contributed by atoms with Crippen molar-refractivity contribution in [3.63, 3.8) is 0 Å². The van der Waals surface area contributed by atoms with Crippen LogP contribution in [0.4, 0.5) is 0 Å². The van der Waals surface area contributed by atoms with E-state index >= 15 is 0 Å². The van der Waals surface area contributed by atoms with Crippen molar-refractivity contribution in [2.45, 2.75) is 56.0 Å². The smallest absolute Gasteiger partial charge is 0.119 e. The Morgan fingerprint density at radius 3 is 2.61 bits per heavy atom. The van der Waals surface area contributed by atoms with Gasteiger partial charge in [-0.1, -0.05) is 18.9 Å². The minimum atomic E-state index is -0.541. The highest BCUT2D eigenvalue weighted by atomic mass is 35.5. The Kier molecular flexibility index (Phi) is 5.65. The number of hydrogen-bond acceptors (Lipinski definition) is 3. The third kappa shape index (κ3) is 3.11. The molecule has 0 heterocycles. The first-order valence-corrected chi connectivity index (χ1v) is 8.55. The van der Waals surface area contributed by atoms with Gasteiger partial charge in [0.2, 0.25) is 0 Å². The van der Waals surface area contributed by atoms with Crippen LogP contribution in [-0.4, -0.2) is 43.4 Å². The van der Waals surface area contributed by atoms with Crippen LogP contribution in [0.3, 0.4) is 0 Å². The number of benzene rings is 1. The molecule has 1 saturated carbocycles. The lowest BCUT2D eigenvalue weighted by Crippen LogP contribution is -2.57. The van der Waals surface area contributed by atoms with Crippen LogP contribution in [-0.2, 0) is 11.8 Å². The van der Waals surface area contributed by atoms with Crippen molar-refractivity contribution in [3.8, 4) is 5.75 Å². The second-order valence-electron chi connectivity index (χ2n) is 7.40. The fraction of sp³-hybridized carbons (Fsp3) is 0.684. The minimum Gasteiger partial charge on any atom is -0.497 e. The first-order valence-electron chi connectivity index (χ1n) is 8.55. The minimum absolute atomic E-state index is 0. The van der Waals surface area contributed by atoms with E-state index in [0.717, 1.165) is 50.8 Å². The maximum atomic E-state index is 11.5. The van der Waals surface area contributed by atoms with Gasteiger partial charge in [-0.15, -0.1) is 12.4 Å². The molecule has 0 radical (unpaired) electrons. The van der Waals surface area contributed by atoms with E-state index in [1.807, 2.05) is 0 Å². The Balaban J connectivity index is 0.00000192. The number of methoxy groups -OCH3 is 1. The topological polar surface area (TPSA) is 32.7 Å². The molecule has 0 saturated heterocycles. The standard InChI is InChI=1S/C19H29NO2.ClH/c1-20(2)13-12-18-9-4-5-10-19(18,21)11-8-15-6-7-16(22-3)14-17(15)18;/h6-7,14,21H,4-5,8-13H2,1-3H3;1H/t18-,19+;/m1./s1. The van der Waals surface area contributed by atoms with Gasteiger partial charge < -0.3 is 14.7 Å². The molecule has 130 valence electrons. The molecule has 0 amide bonds. The first-order chi connectivity index (χ1) is 10.5. The average Bonchev–Trinajstić information content (AvgIpc) is 2.52. The van der Waals surface area contributed by atoms with Gasteiger partial charge in [0.25, 0.3) is 0 Å². The average molecular weight is 340 g/mol. The first kappa shape index (κ1) is 18.6. The molecule has 1 N–H and O–H groups in total. The zero-order valence-electron chi connectivity index (χ0n) is 14.6. The molecule has 3 nitrogen and oxygen atoms in total. The largest absolute Gasteiger partial charge is 0.497 e. The Morgan fingerprint density at radius 1 is 1.17 bits per heavy atom. The van der Waals surface area contributed by atoms with Gasteiger partial charge in [0.1, 0.15) is 5.75 Å². The molecule has 0 aromatic heterocycles. The van der Waals surface area contributed by atoms with Crippen molar-refractivity contribution in [3.05, 3.63) is 29.3 Å². The maximum absolute atomic E-state index is 11.5. The van der Waals surface area contributed by atoms with E-state index in [9.17, 15) is 5.11 Å². The monoisotopic (exact) mass is 339 g/mol. The number of fused-ring (bicyclic) bond motifs is 3. The second-order valence-corrected chi connectivity index (χ2v) is 7.40. The molecule has 2 aliphatic rings. The molecule has 0 unspecified atom stereocenters. The van der Waals surface area contributed by atoms with Crippen LogP contribution in [0.1, 0.15) is 49.7 Å². The summed E-state index contributed by atoms with van der Waals surface area (Å²) in [5.74, 6) is 0.915. The lowest BCUT2D eigenvalue weighted by molar-refractivity contribution is -0.0887. The zero-order valence-corrected chi connectivity index (χ0v) is 15.4. The molecular weight excluding hydrogens is 310 g/mol. The fourth-order valence-electron chi connectivity index (χ4n) is 4.66. The van der Waals surface area contributed by atoms with Crippen molar-refractivity contribution in [1.29, 1.82) is 0 Å². The predicted octanol–water partition coefficient (Wildman–Crippen LogP) is 3.56.